The molecule has 0 aliphatic heterocycles. The van der Waals surface area contributed by atoms with Gasteiger partial charge < -0.3 is 11.1 Å². The van der Waals surface area contributed by atoms with Crippen molar-refractivity contribution in [1.29, 1.82) is 0 Å². The van der Waals surface area contributed by atoms with Gasteiger partial charge in [-0.2, -0.15) is 11.8 Å². The van der Waals surface area contributed by atoms with Crippen molar-refractivity contribution in [3.05, 3.63) is 23.8 Å². The van der Waals surface area contributed by atoms with E-state index in [2.05, 4.69) is 19.2 Å². The molecule has 0 bridgehead atoms. The summed E-state index contributed by atoms with van der Waals surface area (Å²) >= 11 is 1.67. The van der Waals surface area contributed by atoms with E-state index in [-0.39, 0.29) is 5.91 Å². The molecule has 3 nitrogen and oxygen atoms in total. The van der Waals surface area contributed by atoms with Gasteiger partial charge in [0.25, 0.3) is 0 Å². The van der Waals surface area contributed by atoms with Crippen molar-refractivity contribution in [3.63, 3.8) is 0 Å². The number of amides is 1. The number of para-hydroxylation sites is 1. The maximum absolute atomic E-state index is 11.8. The minimum Gasteiger partial charge on any atom is -0.397 e. The highest BCUT2D eigenvalue weighted by molar-refractivity contribution is 7.99. The van der Waals surface area contributed by atoms with Gasteiger partial charge in [0.2, 0.25) is 5.91 Å². The lowest BCUT2D eigenvalue weighted by molar-refractivity contribution is -0.113. The van der Waals surface area contributed by atoms with E-state index in [1.54, 1.807) is 17.8 Å². The van der Waals surface area contributed by atoms with Crippen molar-refractivity contribution in [3.8, 4) is 0 Å². The summed E-state index contributed by atoms with van der Waals surface area (Å²) in [5.41, 5.74) is 8.20. The average Bonchev–Trinajstić information content (AvgIpc) is 2.29. The zero-order valence-corrected chi connectivity index (χ0v) is 12.1. The number of carbonyl (C=O) groups excluding carboxylic acids is 1. The standard InChI is InChI=1S/C14H22N2OS/c1-10(2)7-8-18-9-13(17)16-14-11(3)5-4-6-12(14)15/h4-6,10H,7-9,15H2,1-3H3,(H,16,17). The van der Waals surface area contributed by atoms with Crippen LogP contribution in [0.4, 0.5) is 11.4 Å². The number of aryl methyl sites for hydroxylation is 1. The fraction of sp³-hybridized carbons (Fsp3) is 0.500. The Balaban J connectivity index is 2.40. The van der Waals surface area contributed by atoms with Crippen molar-refractivity contribution < 1.29 is 4.79 Å². The molecule has 18 heavy (non-hydrogen) atoms. The predicted octanol–water partition coefficient (Wildman–Crippen LogP) is 3.30. The number of carbonyl (C=O) groups is 1. The van der Waals surface area contributed by atoms with Gasteiger partial charge in [-0.25, -0.2) is 0 Å². The molecule has 1 rings (SSSR count). The Morgan fingerprint density at radius 1 is 1.44 bits per heavy atom. The fourth-order valence-corrected chi connectivity index (χ4v) is 2.56. The average molecular weight is 266 g/mol. The Morgan fingerprint density at radius 2 is 2.17 bits per heavy atom. The van der Waals surface area contributed by atoms with Crippen LogP contribution in [-0.2, 0) is 4.79 Å². The molecule has 4 heteroatoms. The molecule has 0 heterocycles. The van der Waals surface area contributed by atoms with Crippen molar-refractivity contribution in [1.82, 2.24) is 0 Å². The Hall–Kier alpha value is -1.16. The molecule has 0 spiro atoms. The van der Waals surface area contributed by atoms with Crippen molar-refractivity contribution in [2.45, 2.75) is 27.2 Å². The Kier molecular flexibility index (Phi) is 6.05. The molecular formula is C14H22N2OS. The van der Waals surface area contributed by atoms with Crippen LogP contribution in [0.5, 0.6) is 0 Å². The Morgan fingerprint density at radius 3 is 2.78 bits per heavy atom. The molecule has 0 unspecified atom stereocenters. The van der Waals surface area contributed by atoms with Gasteiger partial charge in [0, 0.05) is 0 Å². The summed E-state index contributed by atoms with van der Waals surface area (Å²) in [5.74, 6) is 2.21. The molecule has 100 valence electrons. The molecular weight excluding hydrogens is 244 g/mol. The minimum absolute atomic E-state index is 0.0183. The lowest BCUT2D eigenvalue weighted by Crippen LogP contribution is -2.16. The van der Waals surface area contributed by atoms with Gasteiger partial charge in [0.15, 0.2) is 0 Å². The summed E-state index contributed by atoms with van der Waals surface area (Å²) in [5, 5.41) is 2.88. The summed E-state index contributed by atoms with van der Waals surface area (Å²) in [6, 6.07) is 5.63. The van der Waals surface area contributed by atoms with Crippen LogP contribution in [0.15, 0.2) is 18.2 Å². The molecule has 0 saturated heterocycles. The van der Waals surface area contributed by atoms with Crippen molar-refractivity contribution in [2.24, 2.45) is 5.92 Å². The summed E-state index contributed by atoms with van der Waals surface area (Å²) in [7, 11) is 0. The quantitative estimate of drug-likeness (QED) is 0.613. The first-order chi connectivity index (χ1) is 8.50. The number of anilines is 2. The maximum Gasteiger partial charge on any atom is 0.234 e. The second-order valence-corrected chi connectivity index (χ2v) is 5.93. The van der Waals surface area contributed by atoms with Crippen LogP contribution in [0.2, 0.25) is 0 Å². The smallest absolute Gasteiger partial charge is 0.234 e. The molecule has 3 N–H and O–H groups in total. The highest BCUT2D eigenvalue weighted by Crippen LogP contribution is 2.22. The van der Waals surface area contributed by atoms with Crippen LogP contribution in [0, 0.1) is 12.8 Å². The Bertz CT molecular complexity index is 385. The number of benzene rings is 1. The van der Waals surface area contributed by atoms with Crippen LogP contribution in [-0.4, -0.2) is 17.4 Å². The molecule has 0 atom stereocenters. The SMILES string of the molecule is Cc1cccc(N)c1NC(=O)CSCCC(C)C. The predicted molar refractivity (Wildman–Crippen MR) is 81.0 cm³/mol. The molecule has 1 amide bonds. The van der Waals surface area contributed by atoms with E-state index in [0.717, 1.165) is 23.4 Å². The highest BCUT2D eigenvalue weighted by atomic mass is 32.2. The van der Waals surface area contributed by atoms with E-state index < -0.39 is 0 Å². The third kappa shape index (κ3) is 5.00. The number of hydrogen-bond donors (Lipinski definition) is 2. The number of hydrogen-bond acceptors (Lipinski definition) is 3. The van der Waals surface area contributed by atoms with Crippen LogP contribution in [0.25, 0.3) is 0 Å². The summed E-state index contributed by atoms with van der Waals surface area (Å²) in [6.45, 7) is 6.32. The highest BCUT2D eigenvalue weighted by Gasteiger charge is 2.07. The molecule has 1 aromatic carbocycles. The van der Waals surface area contributed by atoms with Gasteiger partial charge in [-0.05, 0) is 36.6 Å². The first-order valence-corrected chi connectivity index (χ1v) is 7.39. The Labute approximate surface area is 114 Å². The van der Waals surface area contributed by atoms with Gasteiger partial charge in [-0.1, -0.05) is 26.0 Å². The third-order valence-electron chi connectivity index (χ3n) is 2.64. The summed E-state index contributed by atoms with van der Waals surface area (Å²) in [4.78, 5) is 11.8. The summed E-state index contributed by atoms with van der Waals surface area (Å²) in [6.07, 6.45) is 1.14. The lowest BCUT2D eigenvalue weighted by atomic mass is 10.1. The second-order valence-electron chi connectivity index (χ2n) is 4.82. The van der Waals surface area contributed by atoms with E-state index in [9.17, 15) is 4.79 Å². The normalized spacial score (nSPS) is 10.7. The first-order valence-electron chi connectivity index (χ1n) is 6.23. The summed E-state index contributed by atoms with van der Waals surface area (Å²) < 4.78 is 0. The van der Waals surface area contributed by atoms with E-state index in [0.29, 0.717) is 17.4 Å². The third-order valence-corrected chi connectivity index (χ3v) is 3.63. The zero-order chi connectivity index (χ0) is 13.5. The number of rotatable bonds is 6. The van der Waals surface area contributed by atoms with Gasteiger partial charge >= 0.3 is 0 Å². The lowest BCUT2D eigenvalue weighted by Gasteiger charge is -2.11. The minimum atomic E-state index is 0.0183. The number of nitrogen functional groups attached to an aromatic ring is 1. The molecule has 0 aromatic heterocycles. The number of nitrogens with two attached hydrogens (primary N) is 1. The topological polar surface area (TPSA) is 55.1 Å². The van der Waals surface area contributed by atoms with Crippen molar-refractivity contribution >= 4 is 29.0 Å². The monoisotopic (exact) mass is 266 g/mol. The van der Waals surface area contributed by atoms with Crippen LogP contribution < -0.4 is 11.1 Å². The van der Waals surface area contributed by atoms with E-state index in [1.807, 2.05) is 19.1 Å². The molecule has 0 saturated carbocycles. The van der Waals surface area contributed by atoms with E-state index in [4.69, 9.17) is 5.73 Å². The molecule has 0 fully saturated rings. The van der Waals surface area contributed by atoms with Gasteiger partial charge in [0.1, 0.15) is 0 Å². The number of nitrogens with one attached hydrogen (secondary N) is 1. The largest absolute Gasteiger partial charge is 0.397 e. The van der Waals surface area contributed by atoms with Gasteiger partial charge in [-0.15, -0.1) is 0 Å². The first kappa shape index (κ1) is 14.9. The molecule has 0 aliphatic rings. The van der Waals surface area contributed by atoms with E-state index >= 15 is 0 Å². The van der Waals surface area contributed by atoms with Gasteiger partial charge in [-0.3, -0.25) is 4.79 Å². The zero-order valence-electron chi connectivity index (χ0n) is 11.3. The second kappa shape index (κ2) is 7.31. The van der Waals surface area contributed by atoms with Gasteiger partial charge in [0.05, 0.1) is 17.1 Å². The maximum atomic E-state index is 11.8. The van der Waals surface area contributed by atoms with Crippen molar-refractivity contribution in [2.75, 3.05) is 22.6 Å². The van der Waals surface area contributed by atoms with E-state index in [1.165, 1.54) is 0 Å². The van der Waals surface area contributed by atoms with Crippen LogP contribution >= 0.6 is 11.8 Å². The molecule has 0 radical (unpaired) electrons. The van der Waals surface area contributed by atoms with Crippen LogP contribution in [0.3, 0.4) is 0 Å². The molecule has 1 aromatic rings. The fourth-order valence-electron chi connectivity index (χ4n) is 1.52. The number of thioether (sulfide) groups is 1. The molecule has 0 aliphatic carbocycles. The van der Waals surface area contributed by atoms with Crippen LogP contribution in [0.1, 0.15) is 25.8 Å².